The molecule has 1 aromatic heterocycles. The molecule has 0 aliphatic heterocycles. The van der Waals surface area contributed by atoms with Crippen LogP contribution in [0.4, 0.5) is 4.39 Å². The van der Waals surface area contributed by atoms with Crippen LogP contribution in [0.25, 0.3) is 10.9 Å². The van der Waals surface area contributed by atoms with Crippen LogP contribution in [0.3, 0.4) is 0 Å². The summed E-state index contributed by atoms with van der Waals surface area (Å²) in [6.45, 7) is -0.261. The zero-order valence-corrected chi connectivity index (χ0v) is 8.18. The fraction of sp³-hybridized carbons (Fsp3) is 0.0909. The van der Waals surface area contributed by atoms with Gasteiger partial charge in [-0.25, -0.2) is 4.39 Å². The summed E-state index contributed by atoms with van der Waals surface area (Å²) in [6, 6.07) is 4.93. The van der Waals surface area contributed by atoms with Gasteiger partial charge in [0.25, 0.3) is 0 Å². The summed E-state index contributed by atoms with van der Waals surface area (Å²) < 4.78 is 14.3. The highest BCUT2D eigenvalue weighted by Crippen LogP contribution is 2.11. The first-order chi connectivity index (χ1) is 7.58. The molecule has 16 heavy (non-hydrogen) atoms. The number of aliphatic carboxylic acids is 1. The van der Waals surface area contributed by atoms with E-state index in [4.69, 9.17) is 5.11 Å². The highest BCUT2D eigenvalue weighted by Gasteiger charge is 2.06. The molecule has 2 aromatic rings. The van der Waals surface area contributed by atoms with Crippen LogP contribution < -0.4 is 5.43 Å². The number of fused-ring (bicyclic) bond motifs is 1. The Balaban J connectivity index is 2.74. The first-order valence-corrected chi connectivity index (χ1v) is 4.58. The second kappa shape index (κ2) is 3.77. The Hall–Kier alpha value is -2.17. The monoisotopic (exact) mass is 221 g/mol. The zero-order valence-electron chi connectivity index (χ0n) is 8.18. The van der Waals surface area contributed by atoms with E-state index in [0.29, 0.717) is 5.52 Å². The summed E-state index contributed by atoms with van der Waals surface area (Å²) in [7, 11) is 0. The molecule has 0 fully saturated rings. The maximum Gasteiger partial charge on any atom is 0.323 e. The van der Waals surface area contributed by atoms with Crippen LogP contribution in [0.1, 0.15) is 0 Å². The number of aromatic nitrogens is 1. The number of rotatable bonds is 2. The summed E-state index contributed by atoms with van der Waals surface area (Å²) in [6.07, 6.45) is 1.39. The lowest BCUT2D eigenvalue weighted by Crippen LogP contribution is -2.13. The first-order valence-electron chi connectivity index (χ1n) is 4.58. The van der Waals surface area contributed by atoms with Gasteiger partial charge in [-0.05, 0) is 18.2 Å². The van der Waals surface area contributed by atoms with E-state index in [9.17, 15) is 14.0 Å². The molecular formula is C11H8FNO3. The van der Waals surface area contributed by atoms with Crippen molar-refractivity contribution < 1.29 is 14.3 Å². The average Bonchev–Trinajstić information content (AvgIpc) is 2.22. The highest BCUT2D eigenvalue weighted by molar-refractivity contribution is 5.80. The Morgan fingerprint density at radius 2 is 2.12 bits per heavy atom. The Labute approximate surface area is 89.6 Å². The number of hydrogen-bond acceptors (Lipinski definition) is 2. The van der Waals surface area contributed by atoms with Crippen molar-refractivity contribution in [2.24, 2.45) is 0 Å². The van der Waals surface area contributed by atoms with Gasteiger partial charge >= 0.3 is 5.97 Å². The molecular weight excluding hydrogens is 213 g/mol. The van der Waals surface area contributed by atoms with Crippen molar-refractivity contribution in [3.63, 3.8) is 0 Å². The summed E-state index contributed by atoms with van der Waals surface area (Å²) in [5.74, 6) is -1.54. The first kappa shape index (κ1) is 10.4. The van der Waals surface area contributed by atoms with Gasteiger partial charge < -0.3 is 9.67 Å². The van der Waals surface area contributed by atoms with Crippen molar-refractivity contribution in [3.05, 3.63) is 46.5 Å². The maximum atomic E-state index is 12.9. The Morgan fingerprint density at radius 1 is 1.38 bits per heavy atom. The molecule has 0 amide bonds. The Kier molecular flexibility index (Phi) is 2.44. The maximum absolute atomic E-state index is 12.9. The number of carboxylic acid groups (broad SMARTS) is 1. The van der Waals surface area contributed by atoms with Crippen molar-refractivity contribution in [1.29, 1.82) is 0 Å². The Bertz CT molecular complexity index is 618. The standard InChI is InChI=1S/C11H8FNO3/c12-7-1-2-9-8(5-7)10(14)3-4-13(9)6-11(15)16/h1-5H,6H2,(H,15,16). The van der Waals surface area contributed by atoms with Crippen LogP contribution >= 0.6 is 0 Å². The van der Waals surface area contributed by atoms with Gasteiger partial charge in [0, 0.05) is 17.6 Å². The van der Waals surface area contributed by atoms with Crippen LogP contribution in [0.2, 0.25) is 0 Å². The molecule has 4 nitrogen and oxygen atoms in total. The van der Waals surface area contributed by atoms with Gasteiger partial charge in [-0.15, -0.1) is 0 Å². The van der Waals surface area contributed by atoms with Crippen LogP contribution in [-0.4, -0.2) is 15.6 Å². The summed E-state index contributed by atoms with van der Waals surface area (Å²) in [5.41, 5.74) is 0.0902. The molecule has 0 spiro atoms. The summed E-state index contributed by atoms with van der Waals surface area (Å²) >= 11 is 0. The smallest absolute Gasteiger partial charge is 0.323 e. The quantitative estimate of drug-likeness (QED) is 0.829. The topological polar surface area (TPSA) is 59.3 Å². The minimum absolute atomic E-state index is 0.184. The van der Waals surface area contributed by atoms with Crippen molar-refractivity contribution in [1.82, 2.24) is 4.57 Å². The summed E-state index contributed by atoms with van der Waals surface area (Å²) in [4.78, 5) is 22.0. The van der Waals surface area contributed by atoms with Crippen LogP contribution in [0.15, 0.2) is 35.3 Å². The second-order valence-corrected chi connectivity index (χ2v) is 3.36. The number of nitrogens with zero attached hydrogens (tertiary/aromatic N) is 1. The van der Waals surface area contributed by atoms with Crippen LogP contribution in [0, 0.1) is 5.82 Å². The lowest BCUT2D eigenvalue weighted by Gasteiger charge is -2.07. The van der Waals surface area contributed by atoms with Crippen molar-refractivity contribution in [2.45, 2.75) is 6.54 Å². The molecule has 0 unspecified atom stereocenters. The highest BCUT2D eigenvalue weighted by atomic mass is 19.1. The molecule has 5 heteroatoms. The molecule has 82 valence electrons. The van der Waals surface area contributed by atoms with E-state index in [1.54, 1.807) is 0 Å². The third-order valence-electron chi connectivity index (χ3n) is 2.24. The predicted molar refractivity (Wildman–Crippen MR) is 55.8 cm³/mol. The third-order valence-corrected chi connectivity index (χ3v) is 2.24. The van der Waals surface area contributed by atoms with E-state index in [0.717, 1.165) is 6.07 Å². The minimum atomic E-state index is -1.02. The lowest BCUT2D eigenvalue weighted by molar-refractivity contribution is -0.137. The Morgan fingerprint density at radius 3 is 2.81 bits per heavy atom. The SMILES string of the molecule is O=C(O)Cn1ccc(=O)c2cc(F)ccc21. The third kappa shape index (κ3) is 1.79. The van der Waals surface area contributed by atoms with E-state index >= 15 is 0 Å². The molecule has 0 saturated carbocycles. The molecule has 1 aromatic carbocycles. The van der Waals surface area contributed by atoms with Gasteiger partial charge in [0.2, 0.25) is 0 Å². The fourth-order valence-corrected chi connectivity index (χ4v) is 1.57. The van der Waals surface area contributed by atoms with E-state index in [1.807, 2.05) is 0 Å². The molecule has 0 radical (unpaired) electrons. The molecule has 2 rings (SSSR count). The van der Waals surface area contributed by atoms with Crippen molar-refractivity contribution in [2.75, 3.05) is 0 Å². The van der Waals surface area contributed by atoms with Crippen molar-refractivity contribution >= 4 is 16.9 Å². The van der Waals surface area contributed by atoms with E-state index in [-0.39, 0.29) is 17.4 Å². The minimum Gasteiger partial charge on any atom is -0.480 e. The van der Waals surface area contributed by atoms with Crippen LogP contribution in [0.5, 0.6) is 0 Å². The normalized spacial score (nSPS) is 10.6. The molecule has 0 bridgehead atoms. The lowest BCUT2D eigenvalue weighted by atomic mass is 10.2. The zero-order chi connectivity index (χ0) is 11.7. The predicted octanol–water partition coefficient (Wildman–Crippen LogP) is 1.23. The molecule has 1 heterocycles. The van der Waals surface area contributed by atoms with Crippen LogP contribution in [-0.2, 0) is 11.3 Å². The number of halogens is 1. The van der Waals surface area contributed by atoms with Gasteiger partial charge in [0.05, 0.1) is 5.52 Å². The number of carboxylic acids is 1. The molecule has 1 N–H and O–H groups in total. The molecule has 0 aliphatic carbocycles. The fourth-order valence-electron chi connectivity index (χ4n) is 1.57. The number of carbonyl (C=O) groups is 1. The number of benzene rings is 1. The molecule has 0 atom stereocenters. The van der Waals surface area contributed by atoms with Gasteiger partial charge in [0.15, 0.2) is 5.43 Å². The largest absolute Gasteiger partial charge is 0.480 e. The van der Waals surface area contributed by atoms with Gasteiger partial charge in [0.1, 0.15) is 12.4 Å². The number of pyridine rings is 1. The van der Waals surface area contributed by atoms with E-state index < -0.39 is 11.8 Å². The van der Waals surface area contributed by atoms with Gasteiger partial charge in [-0.3, -0.25) is 9.59 Å². The van der Waals surface area contributed by atoms with Crippen molar-refractivity contribution in [3.8, 4) is 0 Å². The summed E-state index contributed by atoms with van der Waals surface area (Å²) in [5, 5.41) is 8.86. The van der Waals surface area contributed by atoms with E-state index in [2.05, 4.69) is 0 Å². The van der Waals surface area contributed by atoms with Gasteiger partial charge in [-0.2, -0.15) is 0 Å². The second-order valence-electron chi connectivity index (χ2n) is 3.36. The molecule has 0 saturated heterocycles. The van der Waals surface area contributed by atoms with E-state index in [1.165, 1.54) is 29.0 Å². The molecule has 0 aliphatic rings. The number of hydrogen-bond donors (Lipinski definition) is 1. The van der Waals surface area contributed by atoms with Gasteiger partial charge in [-0.1, -0.05) is 0 Å². The average molecular weight is 221 g/mol.